The van der Waals surface area contributed by atoms with Crippen LogP contribution in [0.25, 0.3) is 11.4 Å². The summed E-state index contributed by atoms with van der Waals surface area (Å²) in [6.07, 6.45) is 0. The van der Waals surface area contributed by atoms with Gasteiger partial charge in [0, 0.05) is 11.1 Å². The summed E-state index contributed by atoms with van der Waals surface area (Å²) >= 11 is 0. The quantitative estimate of drug-likeness (QED) is 0.818. The van der Waals surface area contributed by atoms with E-state index in [0.717, 1.165) is 11.1 Å². The highest BCUT2D eigenvalue weighted by atomic mass is 16.5. The third kappa shape index (κ3) is 2.51. The molecule has 2 aromatic rings. The predicted octanol–water partition coefficient (Wildman–Crippen LogP) is 0.706. The molecule has 0 aliphatic carbocycles. The minimum Gasteiger partial charge on any atom is -0.381 e. The van der Waals surface area contributed by atoms with Gasteiger partial charge in [-0.15, -0.1) is 0 Å². The van der Waals surface area contributed by atoms with Gasteiger partial charge in [0.25, 0.3) is 5.89 Å². The van der Waals surface area contributed by atoms with Crippen LogP contribution in [0.4, 0.5) is 0 Å². The molecule has 0 atom stereocenters. The second kappa shape index (κ2) is 4.27. The Kier molecular flexibility index (Phi) is 2.95. The summed E-state index contributed by atoms with van der Waals surface area (Å²) in [4.78, 5) is 4.18. The molecule has 5 heteroatoms. The van der Waals surface area contributed by atoms with E-state index in [1.165, 1.54) is 0 Å². The lowest BCUT2D eigenvalue weighted by atomic mass is 10.1. The van der Waals surface area contributed by atoms with Gasteiger partial charge in [-0.3, -0.25) is 0 Å². The highest BCUT2D eigenvalue weighted by Gasteiger charge is 2.24. The number of aromatic nitrogens is 2. The Morgan fingerprint density at radius 1 is 1.41 bits per heavy atom. The van der Waals surface area contributed by atoms with Crippen molar-refractivity contribution in [2.45, 2.75) is 26.0 Å². The lowest BCUT2D eigenvalue weighted by molar-refractivity contribution is -0.386. The highest BCUT2D eigenvalue weighted by Crippen LogP contribution is 2.22. The van der Waals surface area contributed by atoms with Gasteiger partial charge in [-0.25, -0.2) is 0 Å². The summed E-state index contributed by atoms with van der Waals surface area (Å²) in [5.41, 5.74) is 4.69. The summed E-state index contributed by atoms with van der Waals surface area (Å²) in [6, 6.07) is 7.79. The number of hydrogen-bond acceptors (Lipinski definition) is 4. The average molecular weight is 234 g/mol. The molecule has 0 aliphatic heterocycles. The molecule has 0 radical (unpaired) electrons. The van der Waals surface area contributed by atoms with Gasteiger partial charge in [0.2, 0.25) is 5.82 Å². The standard InChI is InChI=1S/C12H15N3O2/c1-12(2,16)11-14-10(15-17-11)9-5-3-4-8(6-9)7-13/h3-6,16H,7,13H2,1-2H3/p+1. The van der Waals surface area contributed by atoms with Crippen molar-refractivity contribution in [3.8, 4) is 11.4 Å². The zero-order chi connectivity index (χ0) is 12.5. The van der Waals surface area contributed by atoms with E-state index in [4.69, 9.17) is 4.52 Å². The fraction of sp³-hybridized carbons (Fsp3) is 0.333. The molecule has 0 unspecified atom stereocenters. The second-order valence-electron chi connectivity index (χ2n) is 4.43. The Morgan fingerprint density at radius 2 is 2.18 bits per heavy atom. The lowest BCUT2D eigenvalue weighted by Gasteiger charge is -2.09. The van der Waals surface area contributed by atoms with Crippen LogP contribution in [0.2, 0.25) is 0 Å². The van der Waals surface area contributed by atoms with Gasteiger partial charge in [0.1, 0.15) is 5.60 Å². The molecule has 1 aromatic carbocycles. The minimum atomic E-state index is -1.12. The van der Waals surface area contributed by atoms with E-state index in [2.05, 4.69) is 15.9 Å². The average Bonchev–Trinajstić information content (AvgIpc) is 2.78. The topological polar surface area (TPSA) is 86.8 Å². The molecule has 0 spiro atoms. The smallest absolute Gasteiger partial charge is 0.258 e. The maximum Gasteiger partial charge on any atom is 0.258 e. The minimum absolute atomic E-state index is 0.215. The van der Waals surface area contributed by atoms with Crippen LogP contribution < -0.4 is 5.73 Å². The molecule has 1 heterocycles. The normalized spacial score (nSPS) is 11.8. The van der Waals surface area contributed by atoms with E-state index < -0.39 is 5.60 Å². The Balaban J connectivity index is 2.37. The number of nitrogens with zero attached hydrogens (tertiary/aromatic N) is 2. The number of aliphatic hydroxyl groups is 1. The fourth-order valence-electron chi connectivity index (χ4n) is 1.46. The molecule has 0 amide bonds. The molecule has 4 N–H and O–H groups in total. The Bertz CT molecular complexity index is 514. The largest absolute Gasteiger partial charge is 0.381 e. The lowest BCUT2D eigenvalue weighted by Crippen LogP contribution is -2.47. The van der Waals surface area contributed by atoms with E-state index in [1.807, 2.05) is 24.3 Å². The molecular formula is C12H16N3O2+. The van der Waals surface area contributed by atoms with Crippen molar-refractivity contribution in [3.63, 3.8) is 0 Å². The first-order valence-electron chi connectivity index (χ1n) is 5.46. The maximum atomic E-state index is 9.74. The van der Waals surface area contributed by atoms with Crippen LogP contribution in [0.3, 0.4) is 0 Å². The van der Waals surface area contributed by atoms with E-state index in [-0.39, 0.29) is 5.89 Å². The third-order valence-electron chi connectivity index (χ3n) is 2.42. The Labute approximate surface area is 99.3 Å². The Morgan fingerprint density at radius 3 is 2.76 bits per heavy atom. The number of hydrogen-bond donors (Lipinski definition) is 2. The summed E-state index contributed by atoms with van der Waals surface area (Å²) in [5, 5.41) is 13.6. The SMILES string of the molecule is CC(C)(O)c1nc(-c2cccc(C[NH3+])c2)no1. The van der Waals surface area contributed by atoms with Crippen LogP contribution >= 0.6 is 0 Å². The van der Waals surface area contributed by atoms with Gasteiger partial charge in [0.15, 0.2) is 0 Å². The summed E-state index contributed by atoms with van der Waals surface area (Å²) in [5.74, 6) is 0.699. The van der Waals surface area contributed by atoms with Gasteiger partial charge in [-0.2, -0.15) is 4.98 Å². The zero-order valence-corrected chi connectivity index (χ0v) is 9.97. The number of rotatable bonds is 3. The zero-order valence-electron chi connectivity index (χ0n) is 9.97. The highest BCUT2D eigenvalue weighted by molar-refractivity contribution is 5.55. The molecular weight excluding hydrogens is 218 g/mol. The summed E-state index contributed by atoms with van der Waals surface area (Å²) in [7, 11) is 0. The Hall–Kier alpha value is -1.72. The monoisotopic (exact) mass is 234 g/mol. The second-order valence-corrected chi connectivity index (χ2v) is 4.43. The molecule has 0 fully saturated rings. The van der Waals surface area contributed by atoms with Crippen molar-refractivity contribution in [2.75, 3.05) is 0 Å². The fourth-order valence-corrected chi connectivity index (χ4v) is 1.46. The maximum absolute atomic E-state index is 9.74. The first kappa shape index (κ1) is 11.8. The third-order valence-corrected chi connectivity index (χ3v) is 2.42. The van der Waals surface area contributed by atoms with E-state index in [0.29, 0.717) is 12.4 Å². The van der Waals surface area contributed by atoms with E-state index in [1.54, 1.807) is 13.8 Å². The van der Waals surface area contributed by atoms with Crippen molar-refractivity contribution in [1.29, 1.82) is 0 Å². The van der Waals surface area contributed by atoms with Crippen molar-refractivity contribution in [2.24, 2.45) is 0 Å². The van der Waals surface area contributed by atoms with Gasteiger partial charge in [-0.05, 0) is 19.9 Å². The van der Waals surface area contributed by atoms with E-state index >= 15 is 0 Å². The van der Waals surface area contributed by atoms with Gasteiger partial charge in [0.05, 0.1) is 6.54 Å². The van der Waals surface area contributed by atoms with Crippen LogP contribution in [-0.4, -0.2) is 15.2 Å². The van der Waals surface area contributed by atoms with E-state index in [9.17, 15) is 5.11 Å². The van der Waals surface area contributed by atoms with Gasteiger partial charge < -0.3 is 15.4 Å². The molecule has 0 bridgehead atoms. The number of quaternary nitrogens is 1. The van der Waals surface area contributed by atoms with Crippen molar-refractivity contribution in [3.05, 3.63) is 35.7 Å². The van der Waals surface area contributed by atoms with Crippen LogP contribution in [0.5, 0.6) is 0 Å². The molecule has 0 saturated carbocycles. The first-order chi connectivity index (χ1) is 8.00. The van der Waals surface area contributed by atoms with Crippen molar-refractivity contribution in [1.82, 2.24) is 10.1 Å². The summed E-state index contributed by atoms with van der Waals surface area (Å²) in [6.45, 7) is 3.93. The number of benzene rings is 1. The van der Waals surface area contributed by atoms with Crippen LogP contribution in [0, 0.1) is 0 Å². The predicted molar refractivity (Wildman–Crippen MR) is 61.6 cm³/mol. The molecule has 90 valence electrons. The van der Waals surface area contributed by atoms with Crippen LogP contribution in [-0.2, 0) is 12.1 Å². The van der Waals surface area contributed by atoms with Gasteiger partial charge in [-0.1, -0.05) is 23.4 Å². The van der Waals surface area contributed by atoms with Crippen molar-refractivity contribution < 1.29 is 15.4 Å². The molecule has 1 aromatic heterocycles. The van der Waals surface area contributed by atoms with Crippen molar-refractivity contribution >= 4 is 0 Å². The first-order valence-corrected chi connectivity index (χ1v) is 5.46. The van der Waals surface area contributed by atoms with Crippen LogP contribution in [0.15, 0.2) is 28.8 Å². The molecule has 0 aliphatic rings. The van der Waals surface area contributed by atoms with Gasteiger partial charge >= 0.3 is 0 Å². The molecule has 17 heavy (non-hydrogen) atoms. The van der Waals surface area contributed by atoms with Crippen LogP contribution in [0.1, 0.15) is 25.3 Å². The molecule has 5 nitrogen and oxygen atoms in total. The molecule has 0 saturated heterocycles. The molecule has 2 rings (SSSR count). The summed E-state index contributed by atoms with van der Waals surface area (Å²) < 4.78 is 5.03.